The molecule has 5 heteroatoms. The van der Waals surface area contributed by atoms with Crippen LogP contribution in [0.15, 0.2) is 0 Å². The van der Waals surface area contributed by atoms with Crippen molar-refractivity contribution in [2.45, 2.75) is 31.7 Å². The van der Waals surface area contributed by atoms with Gasteiger partial charge in [-0.3, -0.25) is 14.5 Å². The van der Waals surface area contributed by atoms with Gasteiger partial charge in [0, 0.05) is 33.6 Å². The van der Waals surface area contributed by atoms with Gasteiger partial charge >= 0.3 is 0 Å². The van der Waals surface area contributed by atoms with Crippen molar-refractivity contribution < 1.29 is 9.59 Å². The molecule has 5 nitrogen and oxygen atoms in total. The van der Waals surface area contributed by atoms with E-state index in [1.54, 1.807) is 4.90 Å². The molecule has 2 fully saturated rings. The van der Waals surface area contributed by atoms with E-state index in [1.165, 1.54) is 0 Å². The summed E-state index contributed by atoms with van der Waals surface area (Å²) in [5.74, 6) is 0.623. The summed E-state index contributed by atoms with van der Waals surface area (Å²) in [5.41, 5.74) is 0. The second-order valence-corrected chi connectivity index (χ2v) is 5.96. The van der Waals surface area contributed by atoms with Crippen LogP contribution in [-0.4, -0.2) is 73.3 Å². The number of hydrogen-bond donors (Lipinski definition) is 0. The Morgan fingerprint density at radius 3 is 2.37 bits per heavy atom. The molecule has 2 aliphatic heterocycles. The zero-order valence-corrected chi connectivity index (χ0v) is 12.3. The van der Waals surface area contributed by atoms with Gasteiger partial charge in [-0.1, -0.05) is 0 Å². The van der Waals surface area contributed by atoms with Crippen molar-refractivity contribution in [1.29, 1.82) is 0 Å². The van der Waals surface area contributed by atoms with Crippen LogP contribution in [0.25, 0.3) is 0 Å². The maximum absolute atomic E-state index is 12.2. The third kappa shape index (κ3) is 3.08. The maximum Gasteiger partial charge on any atom is 0.239 e. The van der Waals surface area contributed by atoms with Gasteiger partial charge < -0.3 is 9.80 Å². The minimum Gasteiger partial charge on any atom is -0.349 e. The van der Waals surface area contributed by atoms with Gasteiger partial charge in [0.2, 0.25) is 11.8 Å². The molecule has 19 heavy (non-hydrogen) atoms. The topological polar surface area (TPSA) is 43.9 Å². The number of amides is 2. The molecule has 1 unspecified atom stereocenters. The van der Waals surface area contributed by atoms with Gasteiger partial charge in [-0.25, -0.2) is 0 Å². The van der Waals surface area contributed by atoms with Crippen LogP contribution in [0.4, 0.5) is 0 Å². The SMILES string of the molecule is CN(C)C(=O)C1CCN(C2CCCN(C)C2=O)CC1. The predicted molar refractivity (Wildman–Crippen MR) is 73.7 cm³/mol. The van der Waals surface area contributed by atoms with Crippen LogP contribution in [0, 0.1) is 5.92 Å². The summed E-state index contributed by atoms with van der Waals surface area (Å²) in [6.07, 6.45) is 3.81. The molecule has 0 bridgehead atoms. The van der Waals surface area contributed by atoms with E-state index in [4.69, 9.17) is 0 Å². The van der Waals surface area contributed by atoms with Crippen LogP contribution in [0.5, 0.6) is 0 Å². The highest BCUT2D eigenvalue weighted by atomic mass is 16.2. The molecular weight excluding hydrogens is 242 g/mol. The number of carbonyl (C=O) groups excluding carboxylic acids is 2. The minimum atomic E-state index is 0.0501. The largest absolute Gasteiger partial charge is 0.349 e. The van der Waals surface area contributed by atoms with Crippen LogP contribution in [0.1, 0.15) is 25.7 Å². The molecule has 0 N–H and O–H groups in total. The van der Waals surface area contributed by atoms with Crippen molar-refractivity contribution in [3.63, 3.8) is 0 Å². The normalized spacial score (nSPS) is 26.6. The van der Waals surface area contributed by atoms with E-state index in [2.05, 4.69) is 4.90 Å². The van der Waals surface area contributed by atoms with E-state index >= 15 is 0 Å². The van der Waals surface area contributed by atoms with Crippen LogP contribution in [0.2, 0.25) is 0 Å². The third-order valence-electron chi connectivity index (χ3n) is 4.39. The van der Waals surface area contributed by atoms with Gasteiger partial charge in [-0.05, 0) is 38.8 Å². The lowest BCUT2D eigenvalue weighted by Gasteiger charge is -2.40. The van der Waals surface area contributed by atoms with Gasteiger partial charge in [-0.15, -0.1) is 0 Å². The highest BCUT2D eigenvalue weighted by Crippen LogP contribution is 2.24. The van der Waals surface area contributed by atoms with Crippen molar-refractivity contribution in [3.8, 4) is 0 Å². The Hall–Kier alpha value is -1.10. The van der Waals surface area contributed by atoms with Crippen molar-refractivity contribution >= 4 is 11.8 Å². The van der Waals surface area contributed by atoms with Crippen LogP contribution >= 0.6 is 0 Å². The Kier molecular flexibility index (Phi) is 4.45. The number of likely N-dealkylation sites (N-methyl/N-ethyl adjacent to an activating group) is 1. The Morgan fingerprint density at radius 2 is 1.79 bits per heavy atom. The fourth-order valence-corrected chi connectivity index (χ4v) is 3.17. The molecule has 0 aliphatic carbocycles. The summed E-state index contributed by atoms with van der Waals surface area (Å²) >= 11 is 0. The van der Waals surface area contributed by atoms with Gasteiger partial charge in [0.05, 0.1) is 6.04 Å². The average molecular weight is 267 g/mol. The predicted octanol–water partition coefficient (Wildman–Crippen LogP) is 0.407. The molecule has 2 aliphatic rings. The van der Waals surface area contributed by atoms with Crippen LogP contribution in [0.3, 0.4) is 0 Å². The van der Waals surface area contributed by atoms with Gasteiger partial charge in [0.15, 0.2) is 0 Å². The van der Waals surface area contributed by atoms with Gasteiger partial charge in [0.1, 0.15) is 0 Å². The summed E-state index contributed by atoms with van der Waals surface area (Å²) in [6, 6.07) is 0.0501. The number of hydrogen-bond acceptors (Lipinski definition) is 3. The molecule has 1 atom stereocenters. The quantitative estimate of drug-likeness (QED) is 0.728. The van der Waals surface area contributed by atoms with E-state index in [-0.39, 0.29) is 23.8 Å². The first-order valence-electron chi connectivity index (χ1n) is 7.21. The van der Waals surface area contributed by atoms with Crippen molar-refractivity contribution in [2.24, 2.45) is 5.92 Å². The molecule has 2 heterocycles. The molecule has 0 aromatic heterocycles. The first kappa shape index (κ1) is 14.3. The van der Waals surface area contributed by atoms with Crippen LogP contribution in [-0.2, 0) is 9.59 Å². The molecule has 0 radical (unpaired) electrons. The second-order valence-electron chi connectivity index (χ2n) is 5.96. The maximum atomic E-state index is 12.2. The molecule has 0 saturated carbocycles. The summed E-state index contributed by atoms with van der Waals surface area (Å²) < 4.78 is 0. The first-order valence-corrected chi connectivity index (χ1v) is 7.21. The molecule has 0 aromatic rings. The number of rotatable bonds is 2. The van der Waals surface area contributed by atoms with E-state index in [0.29, 0.717) is 0 Å². The van der Waals surface area contributed by atoms with Crippen LogP contribution < -0.4 is 0 Å². The Balaban J connectivity index is 1.89. The number of likely N-dealkylation sites (tertiary alicyclic amines) is 2. The van der Waals surface area contributed by atoms with Crippen molar-refractivity contribution in [1.82, 2.24) is 14.7 Å². The summed E-state index contributed by atoms with van der Waals surface area (Å²) in [6.45, 7) is 2.62. The first-order chi connectivity index (χ1) is 9.00. The lowest BCUT2D eigenvalue weighted by atomic mass is 9.92. The summed E-state index contributed by atoms with van der Waals surface area (Å²) in [7, 11) is 5.51. The zero-order chi connectivity index (χ0) is 14.0. The smallest absolute Gasteiger partial charge is 0.239 e. The number of nitrogens with zero attached hydrogens (tertiary/aromatic N) is 3. The highest BCUT2D eigenvalue weighted by molar-refractivity contribution is 5.82. The lowest BCUT2D eigenvalue weighted by molar-refractivity contribution is -0.140. The fourth-order valence-electron chi connectivity index (χ4n) is 3.17. The number of carbonyl (C=O) groups is 2. The molecule has 2 amide bonds. The lowest BCUT2D eigenvalue weighted by Crippen LogP contribution is -2.53. The van der Waals surface area contributed by atoms with E-state index in [1.807, 2.05) is 26.0 Å². The Morgan fingerprint density at radius 1 is 1.16 bits per heavy atom. The Labute approximate surface area is 115 Å². The zero-order valence-electron chi connectivity index (χ0n) is 12.3. The molecule has 2 saturated heterocycles. The van der Waals surface area contributed by atoms with E-state index in [9.17, 15) is 9.59 Å². The van der Waals surface area contributed by atoms with Crippen molar-refractivity contribution in [2.75, 3.05) is 40.8 Å². The summed E-state index contributed by atoms with van der Waals surface area (Å²) in [5, 5.41) is 0. The van der Waals surface area contributed by atoms with Gasteiger partial charge in [0.25, 0.3) is 0 Å². The molecule has 0 spiro atoms. The number of piperidine rings is 2. The fraction of sp³-hybridized carbons (Fsp3) is 0.857. The highest BCUT2D eigenvalue weighted by Gasteiger charge is 2.35. The van der Waals surface area contributed by atoms with Gasteiger partial charge in [-0.2, -0.15) is 0 Å². The molecule has 0 aromatic carbocycles. The Bertz CT molecular complexity index is 349. The second kappa shape index (κ2) is 5.90. The minimum absolute atomic E-state index is 0.0501. The molecular formula is C14H25N3O2. The van der Waals surface area contributed by atoms with E-state index in [0.717, 1.165) is 45.3 Å². The molecule has 2 rings (SSSR count). The average Bonchev–Trinajstić information content (AvgIpc) is 2.41. The molecule has 108 valence electrons. The summed E-state index contributed by atoms with van der Waals surface area (Å²) in [4.78, 5) is 29.9. The van der Waals surface area contributed by atoms with E-state index < -0.39 is 0 Å². The third-order valence-corrected chi connectivity index (χ3v) is 4.39. The standard InChI is InChI=1S/C14H25N3O2/c1-15(2)13(18)11-6-9-17(10-7-11)12-5-4-8-16(3)14(12)19/h11-12H,4-10H2,1-3H3. The van der Waals surface area contributed by atoms with Crippen molar-refractivity contribution in [3.05, 3.63) is 0 Å². The monoisotopic (exact) mass is 267 g/mol.